The zero-order valence-electron chi connectivity index (χ0n) is 10.8. The van der Waals surface area contributed by atoms with E-state index in [1.807, 2.05) is 0 Å². The summed E-state index contributed by atoms with van der Waals surface area (Å²) in [5.74, 6) is -0.927. The number of fused-ring (bicyclic) bond motifs is 1. The van der Waals surface area contributed by atoms with Gasteiger partial charge in [-0.3, -0.25) is 19.7 Å². The van der Waals surface area contributed by atoms with E-state index in [4.69, 9.17) is 0 Å². The largest absolute Gasteiger partial charge is 0.508 e. The van der Waals surface area contributed by atoms with Crippen LogP contribution in [0.1, 0.15) is 28.8 Å². The van der Waals surface area contributed by atoms with Crippen LogP contribution in [0.25, 0.3) is 0 Å². The second-order valence-electron chi connectivity index (χ2n) is 5.18. The SMILES string of the molecule is O=C1CCC(CN2Cc3cc(O)ccc3C2=O)C(=O)N1. The fraction of sp³-hybridized carbons (Fsp3) is 0.357. The summed E-state index contributed by atoms with van der Waals surface area (Å²) in [5.41, 5.74) is 1.33. The van der Waals surface area contributed by atoms with E-state index in [1.54, 1.807) is 17.0 Å². The Morgan fingerprint density at radius 2 is 2.10 bits per heavy atom. The number of imide groups is 1. The highest BCUT2D eigenvalue weighted by Crippen LogP contribution is 2.27. The molecule has 0 aliphatic carbocycles. The Labute approximate surface area is 115 Å². The van der Waals surface area contributed by atoms with Crippen LogP contribution in [0.5, 0.6) is 5.75 Å². The molecule has 6 nitrogen and oxygen atoms in total. The Morgan fingerprint density at radius 1 is 1.30 bits per heavy atom. The highest BCUT2D eigenvalue weighted by Gasteiger charge is 2.33. The highest BCUT2D eigenvalue weighted by molar-refractivity contribution is 6.00. The van der Waals surface area contributed by atoms with E-state index in [9.17, 15) is 19.5 Å². The first-order valence-corrected chi connectivity index (χ1v) is 6.49. The third kappa shape index (κ3) is 2.13. The molecule has 2 aliphatic rings. The molecule has 20 heavy (non-hydrogen) atoms. The summed E-state index contributed by atoms with van der Waals surface area (Å²) < 4.78 is 0. The number of aromatic hydroxyl groups is 1. The number of phenolic OH excluding ortho intramolecular Hbond substituents is 1. The monoisotopic (exact) mass is 274 g/mol. The zero-order valence-corrected chi connectivity index (χ0v) is 10.8. The number of carbonyl (C=O) groups is 3. The topological polar surface area (TPSA) is 86.7 Å². The van der Waals surface area contributed by atoms with Crippen molar-refractivity contribution >= 4 is 17.7 Å². The van der Waals surface area contributed by atoms with Crippen molar-refractivity contribution in [3.8, 4) is 5.75 Å². The number of hydrogen-bond donors (Lipinski definition) is 2. The number of nitrogens with zero attached hydrogens (tertiary/aromatic N) is 1. The number of carbonyl (C=O) groups excluding carboxylic acids is 3. The Hall–Kier alpha value is -2.37. The molecule has 0 saturated carbocycles. The van der Waals surface area contributed by atoms with Crippen LogP contribution in [0, 0.1) is 5.92 Å². The third-order valence-electron chi connectivity index (χ3n) is 3.76. The molecule has 2 heterocycles. The molecule has 6 heteroatoms. The van der Waals surface area contributed by atoms with E-state index in [-0.39, 0.29) is 29.4 Å². The number of phenols is 1. The molecule has 0 aromatic heterocycles. The van der Waals surface area contributed by atoms with Gasteiger partial charge in [0.1, 0.15) is 5.75 Å². The highest BCUT2D eigenvalue weighted by atomic mass is 16.3. The van der Waals surface area contributed by atoms with Crippen molar-refractivity contribution < 1.29 is 19.5 Å². The van der Waals surface area contributed by atoms with Crippen LogP contribution < -0.4 is 5.32 Å². The molecule has 0 bridgehead atoms. The molecule has 1 atom stereocenters. The first kappa shape index (κ1) is 12.7. The summed E-state index contributed by atoms with van der Waals surface area (Å²) in [7, 11) is 0. The first-order chi connectivity index (χ1) is 9.54. The van der Waals surface area contributed by atoms with Crippen LogP contribution in [-0.2, 0) is 16.1 Å². The van der Waals surface area contributed by atoms with Gasteiger partial charge in [0.05, 0.1) is 5.92 Å². The minimum absolute atomic E-state index is 0.124. The van der Waals surface area contributed by atoms with Crippen LogP contribution in [0.4, 0.5) is 0 Å². The molecule has 2 aliphatic heterocycles. The van der Waals surface area contributed by atoms with Crippen LogP contribution in [0.2, 0.25) is 0 Å². The number of hydrogen-bond acceptors (Lipinski definition) is 4. The molecule has 0 radical (unpaired) electrons. The predicted molar refractivity (Wildman–Crippen MR) is 68.7 cm³/mol. The van der Waals surface area contributed by atoms with Crippen LogP contribution in [-0.4, -0.2) is 34.3 Å². The van der Waals surface area contributed by atoms with Gasteiger partial charge in [-0.1, -0.05) is 0 Å². The summed E-state index contributed by atoms with van der Waals surface area (Å²) in [4.78, 5) is 36.6. The van der Waals surface area contributed by atoms with Crippen molar-refractivity contribution in [2.24, 2.45) is 5.92 Å². The maximum Gasteiger partial charge on any atom is 0.254 e. The van der Waals surface area contributed by atoms with Crippen molar-refractivity contribution in [3.63, 3.8) is 0 Å². The lowest BCUT2D eigenvalue weighted by molar-refractivity contribution is -0.136. The molecule has 1 aromatic rings. The molecule has 1 aromatic carbocycles. The molecule has 104 valence electrons. The second-order valence-corrected chi connectivity index (χ2v) is 5.18. The molecular weight excluding hydrogens is 260 g/mol. The minimum atomic E-state index is -0.348. The van der Waals surface area contributed by atoms with Gasteiger partial charge in [0.15, 0.2) is 0 Å². The van der Waals surface area contributed by atoms with Crippen LogP contribution in [0.3, 0.4) is 0 Å². The first-order valence-electron chi connectivity index (χ1n) is 6.49. The molecule has 2 N–H and O–H groups in total. The lowest BCUT2D eigenvalue weighted by atomic mass is 9.97. The third-order valence-corrected chi connectivity index (χ3v) is 3.76. The van der Waals surface area contributed by atoms with Gasteiger partial charge >= 0.3 is 0 Å². The van der Waals surface area contributed by atoms with E-state index in [0.29, 0.717) is 31.5 Å². The molecule has 1 fully saturated rings. The predicted octanol–water partition coefficient (Wildman–Crippen LogP) is 0.401. The van der Waals surface area contributed by atoms with Gasteiger partial charge in [0.25, 0.3) is 5.91 Å². The molecule has 1 unspecified atom stereocenters. The van der Waals surface area contributed by atoms with Gasteiger partial charge in [-0.05, 0) is 30.2 Å². The number of benzene rings is 1. The van der Waals surface area contributed by atoms with E-state index in [2.05, 4.69) is 5.32 Å². The summed E-state index contributed by atoms with van der Waals surface area (Å²) in [6.07, 6.45) is 0.780. The van der Waals surface area contributed by atoms with E-state index in [0.717, 1.165) is 5.56 Å². The summed E-state index contributed by atoms with van der Waals surface area (Å²) in [5, 5.41) is 11.7. The Bertz CT molecular complexity index is 611. The Balaban J connectivity index is 1.73. The van der Waals surface area contributed by atoms with E-state index >= 15 is 0 Å². The molecule has 1 saturated heterocycles. The molecule has 3 rings (SSSR count). The quantitative estimate of drug-likeness (QED) is 0.764. The van der Waals surface area contributed by atoms with Crippen molar-refractivity contribution in [1.29, 1.82) is 0 Å². The lowest BCUT2D eigenvalue weighted by Gasteiger charge is -2.25. The molecular formula is C14H14N2O4. The Morgan fingerprint density at radius 3 is 2.85 bits per heavy atom. The minimum Gasteiger partial charge on any atom is -0.508 e. The Kier molecular flexibility index (Phi) is 2.93. The smallest absolute Gasteiger partial charge is 0.254 e. The van der Waals surface area contributed by atoms with Crippen LogP contribution in [0.15, 0.2) is 18.2 Å². The second kappa shape index (κ2) is 4.63. The standard InChI is InChI=1S/C14H14N2O4/c17-10-2-3-11-9(5-10)7-16(14(11)20)6-8-1-4-12(18)15-13(8)19/h2-3,5,8,17H,1,4,6-7H2,(H,15,18,19). The average Bonchev–Trinajstić information content (AvgIpc) is 2.69. The summed E-state index contributed by atoms with van der Waals surface area (Å²) >= 11 is 0. The van der Waals surface area contributed by atoms with Gasteiger partial charge < -0.3 is 10.0 Å². The number of amides is 3. The van der Waals surface area contributed by atoms with Crippen molar-refractivity contribution in [2.45, 2.75) is 19.4 Å². The van der Waals surface area contributed by atoms with Gasteiger partial charge in [0.2, 0.25) is 11.8 Å². The van der Waals surface area contributed by atoms with E-state index in [1.165, 1.54) is 6.07 Å². The molecule has 3 amide bonds. The summed E-state index contributed by atoms with van der Waals surface area (Å²) in [6.45, 7) is 0.688. The number of nitrogens with one attached hydrogen (secondary N) is 1. The number of rotatable bonds is 2. The van der Waals surface area contributed by atoms with Crippen molar-refractivity contribution in [3.05, 3.63) is 29.3 Å². The average molecular weight is 274 g/mol. The maximum absolute atomic E-state index is 12.2. The number of piperidine rings is 1. The van der Waals surface area contributed by atoms with Gasteiger partial charge in [0, 0.05) is 25.1 Å². The summed E-state index contributed by atoms with van der Waals surface area (Å²) in [6, 6.07) is 4.64. The normalized spacial score (nSPS) is 21.9. The van der Waals surface area contributed by atoms with Gasteiger partial charge in [-0.2, -0.15) is 0 Å². The van der Waals surface area contributed by atoms with Gasteiger partial charge in [-0.15, -0.1) is 0 Å². The van der Waals surface area contributed by atoms with Gasteiger partial charge in [-0.25, -0.2) is 0 Å². The molecule has 0 spiro atoms. The van der Waals surface area contributed by atoms with Crippen molar-refractivity contribution in [2.75, 3.05) is 6.54 Å². The van der Waals surface area contributed by atoms with E-state index < -0.39 is 0 Å². The zero-order chi connectivity index (χ0) is 14.3. The van der Waals surface area contributed by atoms with Crippen LogP contribution >= 0.6 is 0 Å². The fourth-order valence-corrected chi connectivity index (χ4v) is 2.69. The lowest BCUT2D eigenvalue weighted by Crippen LogP contribution is -2.45. The maximum atomic E-state index is 12.2. The van der Waals surface area contributed by atoms with Crippen molar-refractivity contribution in [1.82, 2.24) is 10.2 Å². The fourth-order valence-electron chi connectivity index (χ4n) is 2.69.